The average Bonchev–Trinajstić information content (AvgIpc) is 3.07. The van der Waals surface area contributed by atoms with Gasteiger partial charge in [-0.05, 0) is 31.0 Å². The van der Waals surface area contributed by atoms with E-state index in [9.17, 15) is 0 Å². The van der Waals surface area contributed by atoms with E-state index in [-0.39, 0.29) is 6.04 Å². The zero-order valence-corrected chi connectivity index (χ0v) is 14.5. The molecular weight excluding hydrogens is 304 g/mol. The molecule has 0 aliphatic carbocycles. The lowest BCUT2D eigenvalue weighted by Gasteiger charge is -2.17. The molecule has 0 aliphatic heterocycles. The molecule has 2 aromatic heterocycles. The van der Waals surface area contributed by atoms with Crippen molar-refractivity contribution in [1.82, 2.24) is 9.78 Å². The fourth-order valence-corrected chi connectivity index (χ4v) is 3.83. The molecule has 0 aliphatic rings. The number of aryl methyl sites for hydroxylation is 3. The normalized spacial score (nSPS) is 12.3. The zero-order valence-electron chi connectivity index (χ0n) is 13.7. The fourth-order valence-electron chi connectivity index (χ4n) is 2.86. The monoisotopic (exact) mass is 326 g/mol. The summed E-state index contributed by atoms with van der Waals surface area (Å²) in [6.07, 6.45) is 1.91. The number of nitrogens with two attached hydrogens (primary N) is 1. The number of aromatic nitrogens is 2. The lowest BCUT2D eigenvalue weighted by molar-refractivity contribution is 0.775. The third-order valence-corrected chi connectivity index (χ3v) is 5.03. The number of nitrogens with zero attached hydrogens (tertiary/aromatic N) is 2. The van der Waals surface area contributed by atoms with Crippen LogP contribution in [0.3, 0.4) is 0 Å². The molecule has 4 nitrogen and oxygen atoms in total. The maximum Gasteiger partial charge on any atom is 0.0897 e. The first kappa shape index (κ1) is 15.8. The van der Waals surface area contributed by atoms with Crippen molar-refractivity contribution >= 4 is 16.3 Å². The van der Waals surface area contributed by atoms with Gasteiger partial charge in [-0.15, -0.1) is 11.3 Å². The molecule has 23 heavy (non-hydrogen) atoms. The quantitative estimate of drug-likeness (QED) is 0.748. The zero-order chi connectivity index (χ0) is 16.4. The first-order chi connectivity index (χ1) is 11.1. The Morgan fingerprint density at radius 3 is 2.61 bits per heavy atom. The Morgan fingerprint density at radius 2 is 2.00 bits per heavy atom. The number of thiophene rings is 1. The molecule has 5 heteroatoms. The Morgan fingerprint density at radius 1 is 1.26 bits per heavy atom. The van der Waals surface area contributed by atoms with Crippen molar-refractivity contribution < 1.29 is 0 Å². The van der Waals surface area contributed by atoms with Gasteiger partial charge < -0.3 is 11.1 Å². The molecule has 3 N–H and O–H groups in total. The van der Waals surface area contributed by atoms with Crippen LogP contribution >= 0.6 is 11.3 Å². The maximum atomic E-state index is 5.97. The van der Waals surface area contributed by atoms with Crippen molar-refractivity contribution in [2.24, 2.45) is 12.8 Å². The van der Waals surface area contributed by atoms with E-state index in [1.165, 1.54) is 27.3 Å². The predicted molar refractivity (Wildman–Crippen MR) is 97.9 cm³/mol. The van der Waals surface area contributed by atoms with Gasteiger partial charge in [0.05, 0.1) is 22.9 Å². The number of hydrogen-bond acceptors (Lipinski definition) is 4. The second-order valence-corrected chi connectivity index (χ2v) is 6.98. The van der Waals surface area contributed by atoms with Gasteiger partial charge in [0.1, 0.15) is 0 Å². The van der Waals surface area contributed by atoms with Gasteiger partial charge in [0.2, 0.25) is 0 Å². The highest BCUT2D eigenvalue weighted by atomic mass is 32.1. The molecule has 0 amide bonds. The van der Waals surface area contributed by atoms with Crippen molar-refractivity contribution in [2.45, 2.75) is 19.9 Å². The van der Waals surface area contributed by atoms with E-state index >= 15 is 0 Å². The molecule has 0 unspecified atom stereocenters. The molecule has 3 aromatic rings. The van der Waals surface area contributed by atoms with Crippen molar-refractivity contribution in [3.05, 3.63) is 58.6 Å². The maximum absolute atomic E-state index is 5.97. The van der Waals surface area contributed by atoms with Gasteiger partial charge in [-0.25, -0.2) is 0 Å². The van der Waals surface area contributed by atoms with Gasteiger partial charge in [-0.1, -0.05) is 30.3 Å². The number of hydrogen-bond donors (Lipinski definition) is 2. The first-order valence-corrected chi connectivity index (χ1v) is 8.52. The Labute approximate surface area is 141 Å². The smallest absolute Gasteiger partial charge is 0.0897 e. The summed E-state index contributed by atoms with van der Waals surface area (Å²) in [6.45, 7) is 4.80. The molecule has 0 saturated heterocycles. The standard InChI is InChI=1S/C18H22N4S/c1-12-11-20-22(3)18(12)15-9-17(23-13(15)2)21-16(10-19)14-7-5-4-6-8-14/h4-9,11,16,21H,10,19H2,1-3H3/t16-/m1/s1. The van der Waals surface area contributed by atoms with Crippen LogP contribution in [0.4, 0.5) is 5.00 Å². The predicted octanol–water partition coefficient (Wildman–Crippen LogP) is 3.88. The summed E-state index contributed by atoms with van der Waals surface area (Å²) in [7, 11) is 1.99. The summed E-state index contributed by atoms with van der Waals surface area (Å²) in [4.78, 5) is 1.28. The number of nitrogens with one attached hydrogen (secondary N) is 1. The highest BCUT2D eigenvalue weighted by Crippen LogP contribution is 2.36. The van der Waals surface area contributed by atoms with E-state index in [0.717, 1.165) is 5.00 Å². The molecule has 0 radical (unpaired) electrons. The molecule has 1 aromatic carbocycles. The number of rotatable bonds is 5. The molecule has 0 saturated carbocycles. The minimum Gasteiger partial charge on any atom is -0.369 e. The van der Waals surface area contributed by atoms with Gasteiger partial charge in [-0.2, -0.15) is 5.10 Å². The summed E-state index contributed by atoms with van der Waals surface area (Å²) < 4.78 is 1.94. The fraction of sp³-hybridized carbons (Fsp3) is 0.278. The first-order valence-electron chi connectivity index (χ1n) is 7.71. The van der Waals surface area contributed by atoms with E-state index in [0.29, 0.717) is 6.54 Å². The van der Waals surface area contributed by atoms with Crippen molar-refractivity contribution in [2.75, 3.05) is 11.9 Å². The van der Waals surface area contributed by atoms with Gasteiger partial charge in [0.15, 0.2) is 0 Å². The molecule has 2 heterocycles. The highest BCUT2D eigenvalue weighted by Gasteiger charge is 2.16. The molecule has 0 bridgehead atoms. The Hall–Kier alpha value is -2.11. The molecule has 3 rings (SSSR count). The van der Waals surface area contributed by atoms with Crippen LogP contribution in [-0.2, 0) is 7.05 Å². The van der Waals surface area contributed by atoms with E-state index < -0.39 is 0 Å². The van der Waals surface area contributed by atoms with Crippen LogP contribution in [0.25, 0.3) is 11.3 Å². The Bertz CT molecular complexity index is 769. The largest absolute Gasteiger partial charge is 0.369 e. The highest BCUT2D eigenvalue weighted by molar-refractivity contribution is 7.16. The second-order valence-electron chi connectivity index (χ2n) is 5.72. The van der Waals surface area contributed by atoms with Crippen molar-refractivity contribution in [1.29, 1.82) is 0 Å². The van der Waals surface area contributed by atoms with Crippen LogP contribution in [-0.4, -0.2) is 16.3 Å². The van der Waals surface area contributed by atoms with Crippen LogP contribution in [0.15, 0.2) is 42.6 Å². The lowest BCUT2D eigenvalue weighted by Crippen LogP contribution is -2.19. The Balaban J connectivity index is 1.89. The Kier molecular flexibility index (Phi) is 4.50. The van der Waals surface area contributed by atoms with E-state index in [2.05, 4.69) is 42.5 Å². The SMILES string of the molecule is Cc1cnn(C)c1-c1cc(N[C@H](CN)c2ccccc2)sc1C. The van der Waals surface area contributed by atoms with Crippen LogP contribution in [0.5, 0.6) is 0 Å². The van der Waals surface area contributed by atoms with Gasteiger partial charge in [0, 0.05) is 24.0 Å². The minimum atomic E-state index is 0.120. The van der Waals surface area contributed by atoms with E-state index in [1.54, 1.807) is 11.3 Å². The van der Waals surface area contributed by atoms with E-state index in [1.807, 2.05) is 36.1 Å². The third kappa shape index (κ3) is 3.16. The minimum absolute atomic E-state index is 0.120. The number of benzene rings is 1. The van der Waals surface area contributed by atoms with E-state index in [4.69, 9.17) is 5.73 Å². The average molecular weight is 326 g/mol. The van der Waals surface area contributed by atoms with Gasteiger partial charge in [0.25, 0.3) is 0 Å². The summed E-state index contributed by atoms with van der Waals surface area (Å²) in [5.74, 6) is 0. The molecule has 0 fully saturated rings. The summed E-state index contributed by atoms with van der Waals surface area (Å²) >= 11 is 1.76. The van der Waals surface area contributed by atoms with Crippen LogP contribution in [0, 0.1) is 13.8 Å². The summed E-state index contributed by atoms with van der Waals surface area (Å²) in [5, 5.41) is 9.06. The molecular formula is C18H22N4S. The van der Waals surface area contributed by atoms with Gasteiger partial charge in [-0.3, -0.25) is 4.68 Å². The van der Waals surface area contributed by atoms with Crippen molar-refractivity contribution in [3.63, 3.8) is 0 Å². The van der Waals surface area contributed by atoms with Crippen molar-refractivity contribution in [3.8, 4) is 11.3 Å². The van der Waals surface area contributed by atoms with Crippen LogP contribution in [0.1, 0.15) is 22.0 Å². The number of anilines is 1. The molecule has 120 valence electrons. The third-order valence-electron chi connectivity index (χ3n) is 4.05. The topological polar surface area (TPSA) is 55.9 Å². The van der Waals surface area contributed by atoms with Crippen LogP contribution in [0.2, 0.25) is 0 Å². The van der Waals surface area contributed by atoms with Crippen LogP contribution < -0.4 is 11.1 Å². The summed E-state index contributed by atoms with van der Waals surface area (Å²) in [6, 6.07) is 12.7. The van der Waals surface area contributed by atoms with Gasteiger partial charge >= 0.3 is 0 Å². The summed E-state index contributed by atoms with van der Waals surface area (Å²) in [5.41, 5.74) is 10.8. The second kappa shape index (κ2) is 6.56. The lowest BCUT2D eigenvalue weighted by atomic mass is 10.1. The molecule has 0 spiro atoms. The molecule has 1 atom stereocenters.